The molecular formula is C42H69O8P. The van der Waals surface area contributed by atoms with Gasteiger partial charge in [0.2, 0.25) is 0 Å². The van der Waals surface area contributed by atoms with E-state index in [4.69, 9.17) is 14.0 Å². The van der Waals surface area contributed by atoms with Gasteiger partial charge < -0.3 is 14.4 Å². The van der Waals surface area contributed by atoms with Crippen LogP contribution >= 0.6 is 7.82 Å². The average Bonchev–Trinajstić information content (AvgIpc) is 3.12. The zero-order valence-electron chi connectivity index (χ0n) is 32.0. The van der Waals surface area contributed by atoms with Crippen LogP contribution in [0.4, 0.5) is 0 Å². The van der Waals surface area contributed by atoms with Gasteiger partial charge in [-0.3, -0.25) is 18.6 Å². The summed E-state index contributed by atoms with van der Waals surface area (Å²) >= 11 is 0. The molecule has 0 aliphatic rings. The molecule has 0 rings (SSSR count). The van der Waals surface area contributed by atoms with Gasteiger partial charge in [-0.05, 0) is 83.5 Å². The summed E-state index contributed by atoms with van der Waals surface area (Å²) in [4.78, 5) is 34.3. The maximum atomic E-state index is 12.4. The van der Waals surface area contributed by atoms with Crippen LogP contribution in [0.2, 0.25) is 0 Å². The molecule has 2 atom stereocenters. The normalized spacial score (nSPS) is 14.4. The lowest BCUT2D eigenvalue weighted by Gasteiger charge is -2.19. The molecule has 0 saturated carbocycles. The molecule has 1 N–H and O–H groups in total. The van der Waals surface area contributed by atoms with Crippen molar-refractivity contribution in [2.45, 2.75) is 148 Å². The SMILES string of the molecule is CC/C=C\C/C=C\C/C=C\C/C=C\C/C=C\CCCC(=O)OC(COC(=O)CCCCCCC/C=C\C/C=C\CCCCC)COP(=O)(O)OC. The van der Waals surface area contributed by atoms with E-state index in [1.54, 1.807) is 0 Å². The molecule has 0 aromatic carbocycles. The molecular weight excluding hydrogens is 663 g/mol. The van der Waals surface area contributed by atoms with Crippen molar-refractivity contribution in [2.75, 3.05) is 20.3 Å². The highest BCUT2D eigenvalue weighted by atomic mass is 31.2. The second kappa shape index (κ2) is 37.0. The molecule has 8 nitrogen and oxygen atoms in total. The minimum atomic E-state index is -4.28. The highest BCUT2D eigenvalue weighted by Crippen LogP contribution is 2.42. The lowest BCUT2D eigenvalue weighted by atomic mass is 10.1. The number of esters is 2. The average molecular weight is 733 g/mol. The van der Waals surface area contributed by atoms with Crippen molar-refractivity contribution >= 4 is 19.8 Å². The van der Waals surface area contributed by atoms with Crippen LogP contribution in [0.25, 0.3) is 0 Å². The lowest BCUT2D eigenvalue weighted by molar-refractivity contribution is -0.161. The first-order valence-corrected chi connectivity index (χ1v) is 20.8. The Hall–Kier alpha value is -2.77. The summed E-state index contributed by atoms with van der Waals surface area (Å²) in [5, 5.41) is 0. The van der Waals surface area contributed by atoms with Crippen molar-refractivity contribution in [3.05, 3.63) is 85.1 Å². The van der Waals surface area contributed by atoms with Crippen molar-refractivity contribution < 1.29 is 37.6 Å². The quantitative estimate of drug-likeness (QED) is 0.0301. The largest absolute Gasteiger partial charge is 0.472 e. The molecule has 9 heteroatoms. The van der Waals surface area contributed by atoms with Gasteiger partial charge in [0.25, 0.3) is 0 Å². The molecule has 0 heterocycles. The van der Waals surface area contributed by atoms with Crippen molar-refractivity contribution in [1.29, 1.82) is 0 Å². The van der Waals surface area contributed by atoms with Gasteiger partial charge in [0.15, 0.2) is 6.10 Å². The number of carbonyl (C=O) groups is 2. The van der Waals surface area contributed by atoms with Gasteiger partial charge in [-0.2, -0.15) is 0 Å². The molecule has 0 fully saturated rings. The lowest BCUT2D eigenvalue weighted by Crippen LogP contribution is -2.29. The zero-order valence-corrected chi connectivity index (χ0v) is 32.9. The summed E-state index contributed by atoms with van der Waals surface area (Å²) in [6.45, 7) is 3.66. The Morgan fingerprint density at radius 1 is 0.569 bits per heavy atom. The van der Waals surface area contributed by atoms with Crippen LogP contribution in [0, 0.1) is 0 Å². The first kappa shape index (κ1) is 48.2. The Labute approximate surface area is 310 Å². The molecule has 0 aliphatic carbocycles. The van der Waals surface area contributed by atoms with E-state index >= 15 is 0 Å². The van der Waals surface area contributed by atoms with E-state index in [-0.39, 0.29) is 19.4 Å². The number of allylic oxidation sites excluding steroid dienone is 14. The number of ether oxygens (including phenoxy) is 2. The number of phosphoric acid groups is 1. The number of rotatable bonds is 34. The van der Waals surface area contributed by atoms with Gasteiger partial charge in [-0.25, -0.2) is 4.57 Å². The number of hydrogen-bond donors (Lipinski definition) is 1. The fourth-order valence-corrected chi connectivity index (χ4v) is 5.12. The Morgan fingerprint density at radius 3 is 1.55 bits per heavy atom. The molecule has 2 unspecified atom stereocenters. The molecule has 0 aromatic heterocycles. The summed E-state index contributed by atoms with van der Waals surface area (Å²) in [6.07, 6.45) is 47.8. The predicted molar refractivity (Wildman–Crippen MR) is 211 cm³/mol. The third kappa shape index (κ3) is 36.8. The Kier molecular flexibility index (Phi) is 35.0. The maximum Gasteiger partial charge on any atom is 0.472 e. The first-order valence-electron chi connectivity index (χ1n) is 19.3. The highest BCUT2D eigenvalue weighted by molar-refractivity contribution is 7.47. The van der Waals surface area contributed by atoms with E-state index in [1.165, 1.54) is 25.7 Å². The van der Waals surface area contributed by atoms with E-state index in [9.17, 15) is 19.0 Å². The third-order valence-electron chi connectivity index (χ3n) is 7.62. The van der Waals surface area contributed by atoms with Crippen LogP contribution in [0.15, 0.2) is 85.1 Å². The summed E-state index contributed by atoms with van der Waals surface area (Å²) in [7, 11) is -3.24. The summed E-state index contributed by atoms with van der Waals surface area (Å²) in [5.74, 6) is -0.898. The first-order chi connectivity index (χ1) is 24.8. The van der Waals surface area contributed by atoms with Gasteiger partial charge >= 0.3 is 19.8 Å². The second-order valence-corrected chi connectivity index (χ2v) is 13.9. The fourth-order valence-electron chi connectivity index (χ4n) is 4.66. The zero-order chi connectivity index (χ0) is 37.5. The summed E-state index contributed by atoms with van der Waals surface area (Å²) in [5.41, 5.74) is 0. The van der Waals surface area contributed by atoms with E-state index in [2.05, 4.69) is 97.4 Å². The minimum Gasteiger partial charge on any atom is -0.462 e. The van der Waals surface area contributed by atoms with Crippen LogP contribution in [0.5, 0.6) is 0 Å². The molecule has 0 spiro atoms. The van der Waals surface area contributed by atoms with E-state index < -0.39 is 32.5 Å². The summed E-state index contributed by atoms with van der Waals surface area (Å²) in [6, 6.07) is 0. The van der Waals surface area contributed by atoms with Gasteiger partial charge in [0.1, 0.15) is 6.61 Å². The van der Waals surface area contributed by atoms with E-state index in [0.717, 1.165) is 77.7 Å². The Balaban J connectivity index is 4.21. The topological polar surface area (TPSA) is 108 Å². The van der Waals surface area contributed by atoms with Crippen molar-refractivity contribution in [2.24, 2.45) is 0 Å². The van der Waals surface area contributed by atoms with Crippen LogP contribution in [-0.4, -0.2) is 43.3 Å². The molecule has 0 bridgehead atoms. The van der Waals surface area contributed by atoms with Crippen LogP contribution in [0.3, 0.4) is 0 Å². The molecule has 51 heavy (non-hydrogen) atoms. The Bertz CT molecular complexity index is 1100. The number of unbranched alkanes of at least 4 members (excludes halogenated alkanes) is 9. The van der Waals surface area contributed by atoms with E-state index in [0.29, 0.717) is 19.3 Å². The van der Waals surface area contributed by atoms with E-state index in [1.807, 2.05) is 6.08 Å². The van der Waals surface area contributed by atoms with Crippen molar-refractivity contribution in [3.63, 3.8) is 0 Å². The summed E-state index contributed by atoms with van der Waals surface area (Å²) < 4.78 is 31.8. The molecule has 0 aliphatic heterocycles. The Morgan fingerprint density at radius 2 is 1.02 bits per heavy atom. The van der Waals surface area contributed by atoms with Gasteiger partial charge in [-0.1, -0.05) is 131 Å². The van der Waals surface area contributed by atoms with Crippen molar-refractivity contribution in [1.82, 2.24) is 0 Å². The van der Waals surface area contributed by atoms with Crippen LogP contribution < -0.4 is 0 Å². The maximum absolute atomic E-state index is 12.4. The molecule has 290 valence electrons. The third-order valence-corrected chi connectivity index (χ3v) is 8.56. The molecule has 0 saturated heterocycles. The van der Waals surface area contributed by atoms with Crippen LogP contribution in [-0.2, 0) is 32.7 Å². The standard InChI is InChI=1S/C42H69O8P/c1-4-6-8-10-12-14-16-18-20-21-23-25-27-29-31-33-35-37-42(44)50-40(39-49-51(45,46)47-3)38-48-41(43)36-34-32-30-28-26-24-22-19-17-15-13-11-9-7-5-2/h6,8,12-15,18-20,22-23,25,29,31,40H,4-5,7,9-11,16-17,21,24,26-28,30,32-39H2,1-3H3,(H,45,46)/b8-6-,14-12-,15-13-,20-18-,22-19-,25-23-,31-29-. The number of phosphoric ester groups is 1. The molecule has 0 amide bonds. The molecule has 0 radical (unpaired) electrons. The number of carbonyl (C=O) groups excluding carboxylic acids is 2. The predicted octanol–water partition coefficient (Wildman–Crippen LogP) is 11.9. The highest BCUT2D eigenvalue weighted by Gasteiger charge is 2.24. The van der Waals surface area contributed by atoms with Gasteiger partial charge in [-0.15, -0.1) is 0 Å². The number of hydrogen-bond acceptors (Lipinski definition) is 7. The van der Waals surface area contributed by atoms with Crippen molar-refractivity contribution in [3.8, 4) is 0 Å². The van der Waals surface area contributed by atoms with Gasteiger partial charge in [0, 0.05) is 20.0 Å². The smallest absolute Gasteiger partial charge is 0.462 e. The van der Waals surface area contributed by atoms with Gasteiger partial charge in [0.05, 0.1) is 6.61 Å². The fraction of sp³-hybridized carbons (Fsp3) is 0.619. The second-order valence-electron chi connectivity index (χ2n) is 12.3. The van der Waals surface area contributed by atoms with Crippen LogP contribution in [0.1, 0.15) is 142 Å². The molecule has 0 aromatic rings. The monoisotopic (exact) mass is 732 g/mol. The minimum absolute atomic E-state index is 0.159.